The van der Waals surface area contributed by atoms with Crippen molar-refractivity contribution in [2.24, 2.45) is 0 Å². The van der Waals surface area contributed by atoms with E-state index < -0.39 is 6.04 Å². The van der Waals surface area contributed by atoms with Gasteiger partial charge < -0.3 is 15.1 Å². The van der Waals surface area contributed by atoms with Gasteiger partial charge >= 0.3 is 0 Å². The number of phenols is 1. The molecule has 0 saturated heterocycles. The Morgan fingerprint density at radius 2 is 1.81 bits per heavy atom. The lowest BCUT2D eigenvalue weighted by Crippen LogP contribution is -2.32. The van der Waals surface area contributed by atoms with E-state index in [1.165, 1.54) is 5.56 Å². The van der Waals surface area contributed by atoms with Crippen LogP contribution < -0.4 is 0 Å². The number of nitrogens with zero attached hydrogens (tertiary/aromatic N) is 2. The van der Waals surface area contributed by atoms with E-state index in [2.05, 4.69) is 43.1 Å². The number of benzene rings is 2. The zero-order chi connectivity index (χ0) is 22.5. The van der Waals surface area contributed by atoms with E-state index in [1.807, 2.05) is 38.1 Å². The number of aliphatic hydroxyl groups is 1. The standard InChI is InChI=1S/C25H29N3O3/c1-14-12-15(2)23(30)18(13-14)20-19-21(27-26-20)24(31)28(10-11-29)22(19)16-6-8-17(9-7-16)25(3,4)5/h6-9,12-13,22,29-30H,10-11H2,1-5H3,(H,26,27). The molecule has 0 saturated carbocycles. The summed E-state index contributed by atoms with van der Waals surface area (Å²) in [5.41, 5.74) is 6.25. The summed E-state index contributed by atoms with van der Waals surface area (Å²) in [6.07, 6.45) is 0. The lowest BCUT2D eigenvalue weighted by Gasteiger charge is -2.27. The fraction of sp³-hybridized carbons (Fsp3) is 0.360. The zero-order valence-electron chi connectivity index (χ0n) is 18.7. The van der Waals surface area contributed by atoms with E-state index in [4.69, 9.17) is 0 Å². The van der Waals surface area contributed by atoms with Crippen molar-refractivity contribution in [1.82, 2.24) is 15.1 Å². The van der Waals surface area contributed by atoms with Crippen molar-refractivity contribution in [3.05, 3.63) is 69.9 Å². The van der Waals surface area contributed by atoms with Crippen molar-refractivity contribution in [2.45, 2.75) is 46.1 Å². The number of hydrogen-bond acceptors (Lipinski definition) is 4. The number of H-pyrrole nitrogens is 1. The number of nitrogens with one attached hydrogen (secondary N) is 1. The average Bonchev–Trinajstić information content (AvgIpc) is 3.24. The van der Waals surface area contributed by atoms with Gasteiger partial charge in [-0.3, -0.25) is 9.89 Å². The Morgan fingerprint density at radius 1 is 1.13 bits per heavy atom. The quantitative estimate of drug-likeness (QED) is 0.590. The molecule has 4 rings (SSSR count). The third kappa shape index (κ3) is 3.51. The highest BCUT2D eigenvalue weighted by molar-refractivity contribution is 6.00. The van der Waals surface area contributed by atoms with Gasteiger partial charge in [-0.15, -0.1) is 0 Å². The van der Waals surface area contributed by atoms with Gasteiger partial charge in [0.2, 0.25) is 0 Å². The predicted molar refractivity (Wildman–Crippen MR) is 120 cm³/mol. The van der Waals surface area contributed by atoms with Crippen molar-refractivity contribution in [3.63, 3.8) is 0 Å². The summed E-state index contributed by atoms with van der Waals surface area (Å²) in [5, 5.41) is 27.7. The Bertz CT molecular complexity index is 1140. The van der Waals surface area contributed by atoms with E-state index in [0.717, 1.165) is 22.3 Å². The lowest BCUT2D eigenvalue weighted by molar-refractivity contribution is 0.0706. The number of rotatable bonds is 4. The molecule has 0 radical (unpaired) electrons. The number of aromatic hydroxyl groups is 1. The summed E-state index contributed by atoms with van der Waals surface area (Å²) in [6, 6.07) is 11.7. The highest BCUT2D eigenvalue weighted by Gasteiger charge is 2.42. The number of carbonyl (C=O) groups excluding carboxylic acids is 1. The minimum absolute atomic E-state index is 0.0195. The van der Waals surface area contributed by atoms with Crippen LogP contribution >= 0.6 is 0 Å². The Kier molecular flexibility index (Phi) is 5.13. The van der Waals surface area contributed by atoms with Crippen LogP contribution in [0, 0.1) is 13.8 Å². The second-order valence-electron chi connectivity index (χ2n) is 9.34. The summed E-state index contributed by atoms with van der Waals surface area (Å²) in [5.74, 6) is -0.0358. The fourth-order valence-electron chi connectivity index (χ4n) is 4.39. The molecule has 0 spiro atoms. The van der Waals surface area contributed by atoms with Crippen LogP contribution in [0.4, 0.5) is 0 Å². The van der Waals surface area contributed by atoms with Crippen molar-refractivity contribution in [1.29, 1.82) is 0 Å². The second kappa shape index (κ2) is 7.54. The minimum Gasteiger partial charge on any atom is -0.507 e. The molecule has 6 heteroatoms. The molecule has 6 nitrogen and oxygen atoms in total. The zero-order valence-corrected chi connectivity index (χ0v) is 18.7. The van der Waals surface area contributed by atoms with Crippen molar-refractivity contribution < 1.29 is 15.0 Å². The van der Waals surface area contributed by atoms with E-state index in [9.17, 15) is 15.0 Å². The smallest absolute Gasteiger partial charge is 0.273 e. The highest BCUT2D eigenvalue weighted by atomic mass is 16.3. The van der Waals surface area contributed by atoms with Crippen molar-refractivity contribution >= 4 is 5.91 Å². The molecule has 162 valence electrons. The number of amides is 1. The molecule has 2 aromatic carbocycles. The number of aliphatic hydroxyl groups excluding tert-OH is 1. The number of aromatic amines is 1. The number of β-amino-alcohol motifs (C(OH)–C–C–N with tert-alkyl or cyclic N) is 1. The molecule has 31 heavy (non-hydrogen) atoms. The number of phenolic OH excluding ortho intramolecular Hbond substituents is 1. The predicted octanol–water partition coefficient (Wildman–Crippen LogP) is 4.23. The first kappa shape index (κ1) is 21.1. The van der Waals surface area contributed by atoms with Crippen LogP contribution in [0.3, 0.4) is 0 Å². The van der Waals surface area contributed by atoms with E-state index >= 15 is 0 Å². The Morgan fingerprint density at radius 3 is 2.42 bits per heavy atom. The maximum absolute atomic E-state index is 13.1. The molecule has 0 bridgehead atoms. The summed E-state index contributed by atoms with van der Waals surface area (Å²) < 4.78 is 0. The first-order valence-corrected chi connectivity index (χ1v) is 10.5. The van der Waals surface area contributed by atoms with Gasteiger partial charge in [-0.05, 0) is 47.6 Å². The normalized spacial score (nSPS) is 16.1. The van der Waals surface area contributed by atoms with E-state index in [1.54, 1.807) is 4.90 Å². The van der Waals surface area contributed by atoms with Crippen LogP contribution in [0.1, 0.15) is 65.1 Å². The van der Waals surface area contributed by atoms with Crippen LogP contribution in [0.5, 0.6) is 5.75 Å². The Labute approximate surface area is 182 Å². The molecular formula is C25H29N3O3. The van der Waals surface area contributed by atoms with Crippen LogP contribution in [0.15, 0.2) is 36.4 Å². The summed E-state index contributed by atoms with van der Waals surface area (Å²) in [4.78, 5) is 14.8. The van der Waals surface area contributed by atoms with Crippen LogP contribution in [-0.4, -0.2) is 44.4 Å². The van der Waals surface area contributed by atoms with Crippen molar-refractivity contribution in [2.75, 3.05) is 13.2 Å². The largest absolute Gasteiger partial charge is 0.507 e. The first-order chi connectivity index (χ1) is 14.6. The Hall–Kier alpha value is -3.12. The van der Waals surface area contributed by atoms with E-state index in [0.29, 0.717) is 17.0 Å². The molecular weight excluding hydrogens is 390 g/mol. The van der Waals surface area contributed by atoms with Gasteiger partial charge in [0.1, 0.15) is 17.1 Å². The first-order valence-electron chi connectivity index (χ1n) is 10.5. The van der Waals surface area contributed by atoms with Crippen LogP contribution in [0.2, 0.25) is 0 Å². The molecule has 0 aliphatic carbocycles. The van der Waals surface area contributed by atoms with Gasteiger partial charge in [-0.25, -0.2) is 0 Å². The summed E-state index contributed by atoms with van der Waals surface area (Å²) in [7, 11) is 0. The van der Waals surface area contributed by atoms with Gasteiger partial charge in [-0.1, -0.05) is 51.1 Å². The maximum Gasteiger partial charge on any atom is 0.273 e. The maximum atomic E-state index is 13.1. The van der Waals surface area contributed by atoms with Crippen LogP contribution in [0.25, 0.3) is 11.3 Å². The highest BCUT2D eigenvalue weighted by Crippen LogP contribution is 2.45. The van der Waals surface area contributed by atoms with Crippen LogP contribution in [-0.2, 0) is 5.41 Å². The molecule has 0 fully saturated rings. The minimum atomic E-state index is -0.391. The molecule has 1 unspecified atom stereocenters. The molecule has 3 aromatic rings. The lowest BCUT2D eigenvalue weighted by atomic mass is 9.85. The number of aryl methyl sites for hydroxylation is 2. The molecule has 1 aliphatic heterocycles. The van der Waals surface area contributed by atoms with Gasteiger partial charge in [0.25, 0.3) is 5.91 Å². The third-order valence-corrected chi connectivity index (χ3v) is 6.00. The Balaban J connectivity index is 1.89. The monoisotopic (exact) mass is 419 g/mol. The van der Waals surface area contributed by atoms with Gasteiger partial charge in [0.15, 0.2) is 0 Å². The molecule has 3 N–H and O–H groups in total. The number of carbonyl (C=O) groups is 1. The fourth-order valence-corrected chi connectivity index (χ4v) is 4.39. The number of aromatic nitrogens is 2. The topological polar surface area (TPSA) is 89.5 Å². The average molecular weight is 420 g/mol. The molecule has 1 aromatic heterocycles. The summed E-state index contributed by atoms with van der Waals surface area (Å²) >= 11 is 0. The van der Waals surface area contributed by atoms with E-state index in [-0.39, 0.29) is 30.2 Å². The second-order valence-corrected chi connectivity index (χ2v) is 9.34. The molecule has 1 aliphatic rings. The molecule has 1 amide bonds. The van der Waals surface area contributed by atoms with Gasteiger partial charge in [0, 0.05) is 17.7 Å². The summed E-state index contributed by atoms with van der Waals surface area (Å²) in [6.45, 7) is 10.4. The SMILES string of the molecule is Cc1cc(C)c(O)c(-c2n[nH]c3c2C(c2ccc(C(C)(C)C)cc2)N(CCO)C3=O)c1. The molecule has 2 heterocycles. The number of fused-ring (bicyclic) bond motifs is 1. The molecule has 1 atom stereocenters. The van der Waals surface area contributed by atoms with Crippen molar-refractivity contribution in [3.8, 4) is 17.0 Å². The third-order valence-electron chi connectivity index (χ3n) is 6.00. The van der Waals surface area contributed by atoms with Gasteiger partial charge in [0.05, 0.1) is 12.6 Å². The number of hydrogen-bond donors (Lipinski definition) is 3. The van der Waals surface area contributed by atoms with Gasteiger partial charge in [-0.2, -0.15) is 5.10 Å².